The number of esters is 1. The molecule has 1 aromatic heterocycles. The highest BCUT2D eigenvalue weighted by Crippen LogP contribution is 2.29. The van der Waals surface area contributed by atoms with E-state index in [4.69, 9.17) is 5.73 Å². The quantitative estimate of drug-likeness (QED) is 0.392. The summed E-state index contributed by atoms with van der Waals surface area (Å²) in [6.45, 7) is 0. The molecule has 2 rings (SSSR count). The fraction of sp³-hybridized carbons (Fsp3) is 0.250. The molecule has 0 saturated heterocycles. The number of rotatable bonds is 3. The lowest BCUT2D eigenvalue weighted by atomic mass is 10.0. The van der Waals surface area contributed by atoms with E-state index in [0.717, 1.165) is 13.3 Å². The molecule has 2 aromatic rings. The Kier molecular flexibility index (Phi) is 3.67. The highest BCUT2D eigenvalue weighted by Gasteiger charge is 2.25. The van der Waals surface area contributed by atoms with E-state index in [9.17, 15) is 22.4 Å². The predicted molar refractivity (Wildman–Crippen MR) is 61.8 cm³/mol. The number of ether oxygens (including phenoxy) is 1. The van der Waals surface area contributed by atoms with Crippen LogP contribution in [0.2, 0.25) is 0 Å². The maximum absolute atomic E-state index is 13.7. The van der Waals surface area contributed by atoms with Crippen molar-refractivity contribution in [3.8, 4) is 0 Å². The van der Waals surface area contributed by atoms with Gasteiger partial charge in [-0.25, -0.2) is 17.6 Å². The van der Waals surface area contributed by atoms with Crippen LogP contribution < -0.4 is 5.73 Å². The van der Waals surface area contributed by atoms with Crippen LogP contribution in [0.5, 0.6) is 0 Å². The SMILES string of the molecule is COC(=O)C(N)Cc1c[nH]c2c(F)c(F)c(F)c(F)c12. The average molecular weight is 290 g/mol. The van der Waals surface area contributed by atoms with Crippen molar-refractivity contribution in [1.82, 2.24) is 4.98 Å². The van der Waals surface area contributed by atoms with Gasteiger partial charge < -0.3 is 15.5 Å². The predicted octanol–water partition coefficient (Wildman–Crippen LogP) is 1.77. The number of aromatic amines is 1. The third-order valence-corrected chi connectivity index (χ3v) is 2.92. The number of carbonyl (C=O) groups excluding carboxylic acids is 1. The normalized spacial score (nSPS) is 12.7. The van der Waals surface area contributed by atoms with E-state index in [1.807, 2.05) is 0 Å². The maximum Gasteiger partial charge on any atom is 0.322 e. The van der Waals surface area contributed by atoms with Gasteiger partial charge in [-0.2, -0.15) is 0 Å². The summed E-state index contributed by atoms with van der Waals surface area (Å²) in [5.41, 5.74) is 5.02. The number of hydrogen-bond donors (Lipinski definition) is 2. The lowest BCUT2D eigenvalue weighted by Crippen LogP contribution is -2.33. The van der Waals surface area contributed by atoms with Crippen LogP contribution in [0.15, 0.2) is 6.20 Å². The first-order valence-corrected chi connectivity index (χ1v) is 5.53. The number of H-pyrrole nitrogens is 1. The molecule has 1 atom stereocenters. The molecule has 1 unspecified atom stereocenters. The average Bonchev–Trinajstić information content (AvgIpc) is 2.85. The smallest absolute Gasteiger partial charge is 0.322 e. The third-order valence-electron chi connectivity index (χ3n) is 2.92. The zero-order valence-electron chi connectivity index (χ0n) is 10.3. The van der Waals surface area contributed by atoms with Crippen molar-refractivity contribution in [2.45, 2.75) is 12.5 Å². The Labute approximate surface area is 110 Å². The van der Waals surface area contributed by atoms with E-state index in [2.05, 4.69) is 9.72 Å². The minimum absolute atomic E-state index is 0.0493. The molecule has 0 spiro atoms. The lowest BCUT2D eigenvalue weighted by Gasteiger charge is -2.08. The van der Waals surface area contributed by atoms with E-state index in [-0.39, 0.29) is 12.0 Å². The Morgan fingerprint density at radius 3 is 2.45 bits per heavy atom. The van der Waals surface area contributed by atoms with Crippen molar-refractivity contribution in [2.24, 2.45) is 5.73 Å². The van der Waals surface area contributed by atoms with Crippen LogP contribution in [-0.2, 0) is 16.0 Å². The summed E-state index contributed by atoms with van der Waals surface area (Å²) in [6.07, 6.45) is 0.923. The van der Waals surface area contributed by atoms with Crippen LogP contribution in [0.1, 0.15) is 5.56 Å². The van der Waals surface area contributed by atoms with Gasteiger partial charge in [-0.15, -0.1) is 0 Å². The Morgan fingerprint density at radius 2 is 1.85 bits per heavy atom. The Morgan fingerprint density at radius 1 is 1.25 bits per heavy atom. The standard InChI is InChI=1S/C12H10F4N2O2/c1-20-12(19)5(17)2-4-3-18-11-6(4)7(13)8(14)9(15)10(11)16/h3,5,18H,2,17H2,1H3. The van der Waals surface area contributed by atoms with Gasteiger partial charge in [-0.05, 0) is 5.56 Å². The van der Waals surface area contributed by atoms with Gasteiger partial charge in [-0.3, -0.25) is 4.79 Å². The minimum atomic E-state index is -1.91. The number of hydrogen-bond acceptors (Lipinski definition) is 3. The third kappa shape index (κ3) is 2.11. The summed E-state index contributed by atoms with van der Waals surface area (Å²) >= 11 is 0. The number of carbonyl (C=O) groups is 1. The molecule has 4 nitrogen and oxygen atoms in total. The molecule has 1 heterocycles. The van der Waals surface area contributed by atoms with E-state index >= 15 is 0 Å². The van der Waals surface area contributed by atoms with Crippen molar-refractivity contribution in [2.75, 3.05) is 7.11 Å². The van der Waals surface area contributed by atoms with Crippen molar-refractivity contribution >= 4 is 16.9 Å². The Balaban J connectivity index is 2.55. The second kappa shape index (κ2) is 5.12. The van der Waals surface area contributed by atoms with Gasteiger partial charge in [0, 0.05) is 18.0 Å². The number of aromatic nitrogens is 1. The first-order valence-electron chi connectivity index (χ1n) is 5.53. The van der Waals surface area contributed by atoms with Crippen LogP contribution >= 0.6 is 0 Å². The fourth-order valence-corrected chi connectivity index (χ4v) is 1.93. The molecule has 20 heavy (non-hydrogen) atoms. The fourth-order valence-electron chi connectivity index (χ4n) is 1.93. The molecular weight excluding hydrogens is 280 g/mol. The van der Waals surface area contributed by atoms with Gasteiger partial charge in [0.1, 0.15) is 6.04 Å². The first kappa shape index (κ1) is 14.3. The second-order valence-electron chi connectivity index (χ2n) is 4.15. The minimum Gasteiger partial charge on any atom is -0.468 e. The molecule has 0 fully saturated rings. The summed E-state index contributed by atoms with van der Waals surface area (Å²) in [5, 5.41) is -0.472. The molecule has 8 heteroatoms. The van der Waals surface area contributed by atoms with Crippen LogP contribution in [0, 0.1) is 23.3 Å². The van der Waals surface area contributed by atoms with Gasteiger partial charge in [0.05, 0.1) is 12.6 Å². The molecule has 0 aliphatic rings. The number of halogens is 4. The summed E-state index contributed by atoms with van der Waals surface area (Å²) < 4.78 is 57.9. The molecule has 0 bridgehead atoms. The summed E-state index contributed by atoms with van der Waals surface area (Å²) in [6, 6.07) is -1.13. The van der Waals surface area contributed by atoms with E-state index < -0.39 is 46.2 Å². The largest absolute Gasteiger partial charge is 0.468 e. The van der Waals surface area contributed by atoms with E-state index in [1.54, 1.807) is 0 Å². The van der Waals surface area contributed by atoms with Crippen LogP contribution in [0.4, 0.5) is 17.6 Å². The van der Waals surface area contributed by atoms with Crippen molar-refractivity contribution in [1.29, 1.82) is 0 Å². The highest BCUT2D eigenvalue weighted by atomic mass is 19.2. The summed E-state index contributed by atoms with van der Waals surface area (Å²) in [7, 11) is 1.12. The summed E-state index contributed by atoms with van der Waals surface area (Å²) in [5.74, 6) is -7.64. The molecule has 108 valence electrons. The second-order valence-corrected chi connectivity index (χ2v) is 4.15. The Hall–Kier alpha value is -2.09. The molecule has 0 radical (unpaired) electrons. The molecule has 0 aliphatic carbocycles. The van der Waals surface area contributed by atoms with Crippen molar-refractivity contribution in [3.05, 3.63) is 35.0 Å². The molecule has 0 amide bonds. The zero-order chi connectivity index (χ0) is 15.0. The van der Waals surface area contributed by atoms with Crippen LogP contribution in [-0.4, -0.2) is 24.1 Å². The Bertz CT molecular complexity index is 684. The van der Waals surface area contributed by atoms with E-state index in [1.165, 1.54) is 0 Å². The molecule has 3 N–H and O–H groups in total. The molecule has 0 aliphatic heterocycles. The lowest BCUT2D eigenvalue weighted by molar-refractivity contribution is -0.142. The van der Waals surface area contributed by atoms with Gasteiger partial charge in [0.2, 0.25) is 0 Å². The van der Waals surface area contributed by atoms with Crippen LogP contribution in [0.25, 0.3) is 10.9 Å². The van der Waals surface area contributed by atoms with Gasteiger partial charge in [0.15, 0.2) is 23.3 Å². The molecule has 0 saturated carbocycles. The summed E-state index contributed by atoms with van der Waals surface area (Å²) in [4.78, 5) is 13.5. The zero-order valence-corrected chi connectivity index (χ0v) is 10.3. The monoisotopic (exact) mass is 290 g/mol. The van der Waals surface area contributed by atoms with Crippen molar-refractivity contribution in [3.63, 3.8) is 0 Å². The van der Waals surface area contributed by atoms with Gasteiger partial charge in [0.25, 0.3) is 0 Å². The topological polar surface area (TPSA) is 68.1 Å². The number of benzene rings is 1. The molecule has 1 aromatic carbocycles. The number of methoxy groups -OCH3 is 1. The number of fused-ring (bicyclic) bond motifs is 1. The first-order chi connectivity index (χ1) is 9.38. The molecular formula is C12H10F4N2O2. The van der Waals surface area contributed by atoms with Gasteiger partial charge >= 0.3 is 5.97 Å². The van der Waals surface area contributed by atoms with Crippen LogP contribution in [0.3, 0.4) is 0 Å². The highest BCUT2D eigenvalue weighted by molar-refractivity contribution is 5.86. The number of nitrogens with two attached hydrogens (primary N) is 1. The van der Waals surface area contributed by atoms with Gasteiger partial charge in [-0.1, -0.05) is 0 Å². The maximum atomic E-state index is 13.7. The van der Waals surface area contributed by atoms with E-state index in [0.29, 0.717) is 0 Å². The van der Waals surface area contributed by atoms with Crippen molar-refractivity contribution < 1.29 is 27.1 Å². The number of nitrogens with one attached hydrogen (secondary N) is 1.